The Morgan fingerprint density at radius 3 is 2.51 bits per heavy atom. The van der Waals surface area contributed by atoms with Crippen LogP contribution in [0.2, 0.25) is 0 Å². The van der Waals surface area contributed by atoms with Gasteiger partial charge in [-0.25, -0.2) is 9.97 Å². The highest BCUT2D eigenvalue weighted by Crippen LogP contribution is 2.47. The lowest BCUT2D eigenvalue weighted by molar-refractivity contribution is 1.21. The summed E-state index contributed by atoms with van der Waals surface area (Å²) in [5.41, 5.74) is 15.0. The summed E-state index contributed by atoms with van der Waals surface area (Å²) >= 11 is 0. The van der Waals surface area contributed by atoms with Crippen molar-refractivity contribution < 1.29 is 0 Å². The molecule has 4 heteroatoms. The second kappa shape index (κ2) is 6.10. The molecule has 35 heavy (non-hydrogen) atoms. The Bertz CT molecular complexity index is 2070. The molecule has 0 fully saturated rings. The number of imidazole rings is 1. The Labute approximate surface area is 200 Å². The second-order valence-electron chi connectivity index (χ2n) is 9.70. The zero-order chi connectivity index (χ0) is 22.7. The van der Waals surface area contributed by atoms with E-state index >= 15 is 0 Å². The summed E-state index contributed by atoms with van der Waals surface area (Å²) < 4.78 is 2.19. The molecule has 4 heterocycles. The van der Waals surface area contributed by atoms with Crippen LogP contribution in [0.4, 0.5) is 0 Å². The smallest absolute Gasteiger partial charge is 0.147 e. The molecule has 3 aromatic carbocycles. The highest BCUT2D eigenvalue weighted by Gasteiger charge is 2.28. The maximum absolute atomic E-state index is 5.11. The Morgan fingerprint density at radius 1 is 0.657 bits per heavy atom. The van der Waals surface area contributed by atoms with Crippen molar-refractivity contribution in [2.45, 2.75) is 12.8 Å². The van der Waals surface area contributed by atoms with Gasteiger partial charge in [-0.15, -0.1) is 0 Å². The fourth-order valence-electron chi connectivity index (χ4n) is 6.47. The SMILES string of the molecule is c1ccc2c(c1)Cc1cc3c(cc1-2)Cc1c-3ccc2c3cccnc3n3c4cnccc4nc3c12. The lowest BCUT2D eigenvalue weighted by Crippen LogP contribution is -1.96. The first-order valence-electron chi connectivity index (χ1n) is 12.0. The maximum atomic E-state index is 5.11. The minimum atomic E-state index is 0.917. The van der Waals surface area contributed by atoms with Gasteiger partial charge in [0.1, 0.15) is 11.3 Å². The predicted octanol–water partition coefficient (Wildman–Crippen LogP) is 6.73. The molecule has 4 aromatic heterocycles. The van der Waals surface area contributed by atoms with E-state index in [0.29, 0.717) is 0 Å². The highest BCUT2D eigenvalue weighted by atomic mass is 15.1. The number of hydrogen-bond donors (Lipinski definition) is 0. The monoisotopic (exact) mass is 446 g/mol. The first-order valence-corrected chi connectivity index (χ1v) is 12.0. The van der Waals surface area contributed by atoms with Gasteiger partial charge in [0.05, 0.1) is 17.2 Å². The van der Waals surface area contributed by atoms with Gasteiger partial charge in [0.2, 0.25) is 0 Å². The van der Waals surface area contributed by atoms with Crippen molar-refractivity contribution in [3.63, 3.8) is 0 Å². The molecule has 0 aliphatic heterocycles. The zero-order valence-corrected chi connectivity index (χ0v) is 18.8. The summed E-state index contributed by atoms with van der Waals surface area (Å²) in [6, 6.07) is 24.5. The van der Waals surface area contributed by atoms with Crippen molar-refractivity contribution in [1.29, 1.82) is 0 Å². The van der Waals surface area contributed by atoms with Crippen molar-refractivity contribution in [2.24, 2.45) is 0 Å². The molecule has 0 amide bonds. The quantitative estimate of drug-likeness (QED) is 0.243. The van der Waals surface area contributed by atoms with Gasteiger partial charge in [-0.3, -0.25) is 9.38 Å². The van der Waals surface area contributed by atoms with E-state index in [1.54, 1.807) is 0 Å². The molecule has 0 unspecified atom stereocenters. The van der Waals surface area contributed by atoms with E-state index in [1.807, 2.05) is 30.7 Å². The van der Waals surface area contributed by atoms with Crippen molar-refractivity contribution >= 4 is 38.5 Å². The van der Waals surface area contributed by atoms with Gasteiger partial charge in [-0.2, -0.15) is 0 Å². The number of hydrogen-bond acceptors (Lipinski definition) is 3. The van der Waals surface area contributed by atoms with Crippen LogP contribution in [0.15, 0.2) is 85.3 Å². The molecule has 0 saturated heterocycles. The van der Waals surface area contributed by atoms with E-state index in [4.69, 9.17) is 9.97 Å². The summed E-state index contributed by atoms with van der Waals surface area (Å²) in [4.78, 5) is 14.3. The third-order valence-electron chi connectivity index (χ3n) is 7.96. The third-order valence-corrected chi connectivity index (χ3v) is 7.96. The minimum absolute atomic E-state index is 0.917. The normalized spacial score (nSPS) is 13.5. The number of pyridine rings is 3. The third kappa shape index (κ3) is 2.15. The number of nitrogens with zero attached hydrogens (tertiary/aromatic N) is 4. The molecule has 162 valence electrons. The maximum Gasteiger partial charge on any atom is 0.147 e. The van der Waals surface area contributed by atoms with Gasteiger partial charge in [0, 0.05) is 23.2 Å². The molecule has 0 saturated carbocycles. The molecule has 2 aliphatic carbocycles. The first-order chi connectivity index (χ1) is 17.3. The zero-order valence-electron chi connectivity index (χ0n) is 18.8. The molecule has 4 nitrogen and oxygen atoms in total. The lowest BCUT2D eigenvalue weighted by atomic mass is 9.97. The van der Waals surface area contributed by atoms with Crippen LogP contribution >= 0.6 is 0 Å². The van der Waals surface area contributed by atoms with Crippen LogP contribution in [-0.2, 0) is 12.8 Å². The van der Waals surface area contributed by atoms with Gasteiger partial charge in [-0.1, -0.05) is 36.4 Å². The molecule has 0 bridgehead atoms. The Kier molecular flexibility index (Phi) is 3.11. The van der Waals surface area contributed by atoms with Gasteiger partial charge >= 0.3 is 0 Å². The lowest BCUT2D eigenvalue weighted by Gasteiger charge is -2.11. The van der Waals surface area contributed by atoms with Crippen molar-refractivity contribution in [2.75, 3.05) is 0 Å². The van der Waals surface area contributed by atoms with Gasteiger partial charge in [0.15, 0.2) is 0 Å². The van der Waals surface area contributed by atoms with Crippen LogP contribution in [0.3, 0.4) is 0 Å². The summed E-state index contributed by atoms with van der Waals surface area (Å²) in [5, 5.41) is 3.59. The van der Waals surface area contributed by atoms with Gasteiger partial charge in [-0.05, 0) is 93.1 Å². The number of benzene rings is 3. The predicted molar refractivity (Wildman–Crippen MR) is 140 cm³/mol. The summed E-state index contributed by atoms with van der Waals surface area (Å²) in [6.07, 6.45) is 7.50. The van der Waals surface area contributed by atoms with E-state index in [-0.39, 0.29) is 0 Å². The topological polar surface area (TPSA) is 43.1 Å². The van der Waals surface area contributed by atoms with Crippen molar-refractivity contribution in [3.8, 4) is 22.3 Å². The Hall–Kier alpha value is -4.57. The van der Waals surface area contributed by atoms with Crippen molar-refractivity contribution in [1.82, 2.24) is 19.4 Å². The minimum Gasteiger partial charge on any atom is -0.274 e. The van der Waals surface area contributed by atoms with E-state index in [0.717, 1.165) is 40.6 Å². The fourth-order valence-corrected chi connectivity index (χ4v) is 6.47. The van der Waals surface area contributed by atoms with E-state index in [2.05, 4.69) is 64.0 Å². The standard InChI is InChI=1S/C31H18N4/c1-2-5-20-17(4-1)12-18-13-25-19(14-24(18)20)15-26-21(25)7-8-22-23-6-3-10-33-30(23)35-28-16-32-11-9-27(28)34-31(35)29(22)26/h1-11,13-14,16H,12,15H2. The van der Waals surface area contributed by atoms with Crippen LogP contribution in [0.5, 0.6) is 0 Å². The molecule has 0 radical (unpaired) electrons. The summed E-state index contributed by atoms with van der Waals surface area (Å²) in [7, 11) is 0. The highest BCUT2D eigenvalue weighted by molar-refractivity contribution is 6.16. The molecule has 2 aliphatic rings. The first kappa shape index (κ1) is 17.8. The molecule has 0 N–H and O–H groups in total. The van der Waals surface area contributed by atoms with Gasteiger partial charge in [0.25, 0.3) is 0 Å². The largest absolute Gasteiger partial charge is 0.274 e. The van der Waals surface area contributed by atoms with Crippen LogP contribution in [0.25, 0.3) is 60.7 Å². The molecular weight excluding hydrogens is 428 g/mol. The number of fused-ring (bicyclic) bond motifs is 15. The summed E-state index contributed by atoms with van der Waals surface area (Å²) in [5.74, 6) is 0. The molecular formula is C31H18N4. The summed E-state index contributed by atoms with van der Waals surface area (Å²) in [6.45, 7) is 0. The van der Waals surface area contributed by atoms with Crippen LogP contribution in [0, 0.1) is 0 Å². The Balaban J connectivity index is 1.40. The average molecular weight is 447 g/mol. The molecule has 9 rings (SSSR count). The van der Waals surface area contributed by atoms with Crippen molar-refractivity contribution in [3.05, 3.63) is 108 Å². The fraction of sp³-hybridized carbons (Fsp3) is 0.0645. The van der Waals surface area contributed by atoms with Crippen LogP contribution in [0.1, 0.15) is 22.3 Å². The van der Waals surface area contributed by atoms with E-state index < -0.39 is 0 Å². The van der Waals surface area contributed by atoms with Crippen LogP contribution < -0.4 is 0 Å². The average Bonchev–Trinajstić information content (AvgIpc) is 3.58. The number of rotatable bonds is 0. The van der Waals surface area contributed by atoms with Crippen LogP contribution in [-0.4, -0.2) is 19.4 Å². The second-order valence-corrected chi connectivity index (χ2v) is 9.70. The molecule has 0 atom stereocenters. The van der Waals surface area contributed by atoms with E-state index in [1.165, 1.54) is 55.3 Å². The van der Waals surface area contributed by atoms with E-state index in [9.17, 15) is 0 Å². The Morgan fingerprint density at radius 2 is 1.54 bits per heavy atom. The molecule has 7 aromatic rings. The molecule has 0 spiro atoms. The van der Waals surface area contributed by atoms with Gasteiger partial charge < -0.3 is 0 Å². The number of aromatic nitrogens is 4.